The molecule has 21 heavy (non-hydrogen) atoms. The maximum absolute atomic E-state index is 12.5. The number of benzene rings is 1. The van der Waals surface area contributed by atoms with Crippen LogP contribution in [-0.2, 0) is 12.7 Å². The number of aliphatic hydroxyl groups excluding tert-OH is 1. The SMILES string of the molecule is OCCCNCc1ccc(-n2ccc(C(F)(F)F)n2)cc1. The predicted octanol–water partition coefficient (Wildman–Crippen LogP) is 2.36. The Kier molecular flexibility index (Phi) is 4.98. The molecular formula is C14H16F3N3O. The molecule has 0 aliphatic carbocycles. The first-order valence-corrected chi connectivity index (χ1v) is 6.54. The molecule has 0 saturated heterocycles. The minimum absolute atomic E-state index is 0.146. The number of aromatic nitrogens is 2. The lowest BCUT2D eigenvalue weighted by Crippen LogP contribution is -2.15. The number of hydrogen-bond donors (Lipinski definition) is 2. The molecule has 0 spiro atoms. The van der Waals surface area contributed by atoms with Crippen molar-refractivity contribution < 1.29 is 18.3 Å². The Morgan fingerprint density at radius 2 is 1.86 bits per heavy atom. The normalized spacial score (nSPS) is 11.8. The van der Waals surface area contributed by atoms with Crippen LogP contribution in [0.2, 0.25) is 0 Å². The summed E-state index contributed by atoms with van der Waals surface area (Å²) in [5.41, 5.74) is 0.682. The fourth-order valence-corrected chi connectivity index (χ4v) is 1.82. The van der Waals surface area contributed by atoms with Gasteiger partial charge in [-0.15, -0.1) is 0 Å². The second-order valence-corrected chi connectivity index (χ2v) is 4.56. The van der Waals surface area contributed by atoms with Gasteiger partial charge in [-0.25, -0.2) is 4.68 Å². The van der Waals surface area contributed by atoms with Gasteiger partial charge < -0.3 is 10.4 Å². The third kappa shape index (κ3) is 4.30. The number of halogens is 3. The third-order valence-corrected chi connectivity index (χ3v) is 2.92. The molecule has 1 aromatic carbocycles. The van der Waals surface area contributed by atoms with Gasteiger partial charge in [0.2, 0.25) is 0 Å². The van der Waals surface area contributed by atoms with Gasteiger partial charge in [-0.2, -0.15) is 18.3 Å². The van der Waals surface area contributed by atoms with Crippen LogP contribution in [0.3, 0.4) is 0 Å². The average molecular weight is 299 g/mol. The fourth-order valence-electron chi connectivity index (χ4n) is 1.82. The molecule has 2 aromatic rings. The number of aliphatic hydroxyl groups is 1. The molecule has 2 N–H and O–H groups in total. The first kappa shape index (κ1) is 15.5. The summed E-state index contributed by atoms with van der Waals surface area (Å²) in [5.74, 6) is 0. The van der Waals surface area contributed by atoms with Gasteiger partial charge in [0.15, 0.2) is 5.69 Å². The minimum atomic E-state index is -4.43. The van der Waals surface area contributed by atoms with Gasteiger partial charge in [-0.1, -0.05) is 12.1 Å². The van der Waals surface area contributed by atoms with Gasteiger partial charge >= 0.3 is 6.18 Å². The van der Waals surface area contributed by atoms with Crippen LogP contribution in [0.5, 0.6) is 0 Å². The predicted molar refractivity (Wildman–Crippen MR) is 72.0 cm³/mol. The van der Waals surface area contributed by atoms with Crippen LogP contribution in [0.25, 0.3) is 5.69 Å². The molecule has 4 nitrogen and oxygen atoms in total. The van der Waals surface area contributed by atoms with Crippen LogP contribution in [0.4, 0.5) is 13.2 Å². The smallest absolute Gasteiger partial charge is 0.396 e. The van der Waals surface area contributed by atoms with E-state index in [-0.39, 0.29) is 6.61 Å². The largest absolute Gasteiger partial charge is 0.435 e. The summed E-state index contributed by atoms with van der Waals surface area (Å²) in [5, 5.41) is 15.3. The Bertz CT molecular complexity index is 564. The van der Waals surface area contributed by atoms with Gasteiger partial charge in [-0.3, -0.25) is 0 Å². The van der Waals surface area contributed by atoms with Crippen LogP contribution < -0.4 is 5.32 Å². The Hall–Kier alpha value is -1.86. The molecule has 0 bridgehead atoms. The van der Waals surface area contributed by atoms with Crippen LogP contribution >= 0.6 is 0 Å². The van der Waals surface area contributed by atoms with Gasteiger partial charge in [0.05, 0.1) is 5.69 Å². The molecule has 0 radical (unpaired) electrons. The quantitative estimate of drug-likeness (QED) is 0.805. The molecule has 0 atom stereocenters. The van der Waals surface area contributed by atoms with Gasteiger partial charge in [0.1, 0.15) is 0 Å². The maximum atomic E-state index is 12.5. The van der Waals surface area contributed by atoms with Crippen molar-refractivity contribution >= 4 is 0 Å². The van der Waals surface area contributed by atoms with Crippen LogP contribution in [0.1, 0.15) is 17.7 Å². The highest BCUT2D eigenvalue weighted by Gasteiger charge is 2.33. The van der Waals surface area contributed by atoms with Crippen LogP contribution in [-0.4, -0.2) is 28.0 Å². The van der Waals surface area contributed by atoms with E-state index in [0.29, 0.717) is 25.2 Å². The summed E-state index contributed by atoms with van der Waals surface area (Å²) >= 11 is 0. The molecule has 0 unspecified atom stereocenters. The summed E-state index contributed by atoms with van der Waals surface area (Å²) in [7, 11) is 0. The molecule has 0 fully saturated rings. The van der Waals surface area contributed by atoms with E-state index >= 15 is 0 Å². The molecule has 0 aliphatic heterocycles. The van der Waals surface area contributed by atoms with Crippen molar-refractivity contribution in [3.8, 4) is 5.69 Å². The highest BCUT2D eigenvalue weighted by atomic mass is 19.4. The first-order chi connectivity index (χ1) is 10.0. The second kappa shape index (κ2) is 6.73. The Balaban J connectivity index is 2.00. The summed E-state index contributed by atoms with van der Waals surface area (Å²) in [6, 6.07) is 8.04. The van der Waals surface area contributed by atoms with Gasteiger partial charge in [-0.05, 0) is 36.7 Å². The van der Waals surface area contributed by atoms with E-state index in [4.69, 9.17) is 5.11 Å². The molecule has 2 rings (SSSR count). The number of nitrogens with zero attached hydrogens (tertiary/aromatic N) is 2. The van der Waals surface area contributed by atoms with Crippen molar-refractivity contribution in [2.24, 2.45) is 0 Å². The molecule has 0 amide bonds. The summed E-state index contributed by atoms with van der Waals surface area (Å²) in [6.45, 7) is 1.51. The van der Waals surface area contributed by atoms with Crippen molar-refractivity contribution in [3.63, 3.8) is 0 Å². The van der Waals surface area contributed by atoms with Crippen molar-refractivity contribution in [2.75, 3.05) is 13.2 Å². The zero-order chi connectivity index (χ0) is 15.3. The monoisotopic (exact) mass is 299 g/mol. The third-order valence-electron chi connectivity index (χ3n) is 2.92. The van der Waals surface area contributed by atoms with Gasteiger partial charge in [0, 0.05) is 19.3 Å². The maximum Gasteiger partial charge on any atom is 0.435 e. The number of nitrogens with one attached hydrogen (secondary N) is 1. The summed E-state index contributed by atoms with van der Waals surface area (Å²) in [6.07, 6.45) is -2.45. The highest BCUT2D eigenvalue weighted by Crippen LogP contribution is 2.27. The lowest BCUT2D eigenvalue weighted by atomic mass is 10.2. The van der Waals surface area contributed by atoms with E-state index in [1.165, 1.54) is 10.9 Å². The van der Waals surface area contributed by atoms with Crippen molar-refractivity contribution in [2.45, 2.75) is 19.1 Å². The van der Waals surface area contributed by atoms with Crippen molar-refractivity contribution in [1.29, 1.82) is 0 Å². The lowest BCUT2D eigenvalue weighted by Gasteiger charge is -2.06. The number of rotatable bonds is 6. The van der Waals surface area contributed by atoms with Crippen LogP contribution in [0, 0.1) is 0 Å². The summed E-state index contributed by atoms with van der Waals surface area (Å²) < 4.78 is 38.6. The average Bonchev–Trinajstić information content (AvgIpc) is 2.94. The van der Waals surface area contributed by atoms with Crippen molar-refractivity contribution in [1.82, 2.24) is 15.1 Å². The van der Waals surface area contributed by atoms with E-state index in [9.17, 15) is 13.2 Å². The number of hydrogen-bond acceptors (Lipinski definition) is 3. The molecule has 1 aromatic heterocycles. The minimum Gasteiger partial charge on any atom is -0.396 e. The molecule has 0 saturated carbocycles. The lowest BCUT2D eigenvalue weighted by molar-refractivity contribution is -0.141. The fraction of sp³-hybridized carbons (Fsp3) is 0.357. The summed E-state index contributed by atoms with van der Waals surface area (Å²) in [4.78, 5) is 0. The molecule has 7 heteroatoms. The zero-order valence-electron chi connectivity index (χ0n) is 11.3. The topological polar surface area (TPSA) is 50.1 Å². The van der Waals surface area contributed by atoms with E-state index < -0.39 is 11.9 Å². The highest BCUT2D eigenvalue weighted by molar-refractivity contribution is 5.34. The first-order valence-electron chi connectivity index (χ1n) is 6.54. The molecule has 0 aliphatic rings. The van der Waals surface area contributed by atoms with Crippen LogP contribution in [0.15, 0.2) is 36.5 Å². The van der Waals surface area contributed by atoms with E-state index in [2.05, 4.69) is 10.4 Å². The molecule has 114 valence electrons. The van der Waals surface area contributed by atoms with E-state index in [1.807, 2.05) is 12.1 Å². The molecule has 1 heterocycles. The Morgan fingerprint density at radius 1 is 1.14 bits per heavy atom. The van der Waals surface area contributed by atoms with E-state index in [1.54, 1.807) is 12.1 Å². The van der Waals surface area contributed by atoms with Gasteiger partial charge in [0.25, 0.3) is 0 Å². The Labute approximate surface area is 120 Å². The van der Waals surface area contributed by atoms with E-state index in [0.717, 1.165) is 11.6 Å². The Morgan fingerprint density at radius 3 is 2.43 bits per heavy atom. The number of alkyl halides is 3. The standard InChI is InChI=1S/C14H16F3N3O/c15-14(16,17)13-6-8-20(19-13)12-4-2-11(3-5-12)10-18-7-1-9-21/h2-6,8,18,21H,1,7,9-10H2. The van der Waals surface area contributed by atoms with Crippen molar-refractivity contribution in [3.05, 3.63) is 47.8 Å². The zero-order valence-corrected chi connectivity index (χ0v) is 11.3. The molecular weight excluding hydrogens is 283 g/mol. The second-order valence-electron chi connectivity index (χ2n) is 4.56.